The predicted octanol–water partition coefficient (Wildman–Crippen LogP) is 4.84. The van der Waals surface area contributed by atoms with Crippen LogP contribution in [0.1, 0.15) is 35.0 Å². The van der Waals surface area contributed by atoms with Crippen LogP contribution in [0.4, 0.5) is 5.69 Å². The number of anilines is 1. The van der Waals surface area contributed by atoms with Gasteiger partial charge in [-0.15, -0.1) is 10.2 Å². The topological polar surface area (TPSA) is 69.0 Å². The molecule has 0 bridgehead atoms. The SMILES string of the molecule is CCn1c(COc2cc(C)cc(C)c2)nnc1SCC(=O)Nc1c(C)cccc1C. The van der Waals surface area contributed by atoms with Crippen molar-refractivity contribution in [3.8, 4) is 5.75 Å². The summed E-state index contributed by atoms with van der Waals surface area (Å²) in [5.74, 6) is 1.77. The van der Waals surface area contributed by atoms with Crippen molar-refractivity contribution in [3.05, 3.63) is 64.5 Å². The summed E-state index contributed by atoms with van der Waals surface area (Å²) >= 11 is 1.38. The number of aryl methyl sites for hydroxylation is 4. The minimum absolute atomic E-state index is 0.0592. The zero-order valence-electron chi connectivity index (χ0n) is 18.2. The van der Waals surface area contributed by atoms with Crippen molar-refractivity contribution >= 4 is 23.4 Å². The number of hydrogen-bond acceptors (Lipinski definition) is 5. The van der Waals surface area contributed by atoms with E-state index in [1.807, 2.05) is 69.5 Å². The summed E-state index contributed by atoms with van der Waals surface area (Å²) in [6.07, 6.45) is 0. The van der Waals surface area contributed by atoms with Crippen LogP contribution in [-0.4, -0.2) is 26.4 Å². The third-order valence-electron chi connectivity index (χ3n) is 4.75. The number of ether oxygens (including phenoxy) is 1. The summed E-state index contributed by atoms with van der Waals surface area (Å²) in [7, 11) is 0. The number of nitrogens with zero attached hydrogens (tertiary/aromatic N) is 3. The number of aromatic nitrogens is 3. The highest BCUT2D eigenvalue weighted by atomic mass is 32.2. The van der Waals surface area contributed by atoms with Gasteiger partial charge in [0.1, 0.15) is 12.4 Å². The van der Waals surface area contributed by atoms with Crippen molar-refractivity contribution in [2.24, 2.45) is 0 Å². The van der Waals surface area contributed by atoms with Gasteiger partial charge >= 0.3 is 0 Å². The number of amides is 1. The van der Waals surface area contributed by atoms with E-state index in [1.165, 1.54) is 11.8 Å². The van der Waals surface area contributed by atoms with E-state index >= 15 is 0 Å². The van der Waals surface area contributed by atoms with Crippen LogP contribution in [0, 0.1) is 27.7 Å². The van der Waals surface area contributed by atoms with Crippen LogP contribution in [0.15, 0.2) is 41.6 Å². The second-order valence-electron chi connectivity index (χ2n) is 7.36. The summed E-state index contributed by atoms with van der Waals surface area (Å²) < 4.78 is 7.91. The number of para-hydroxylation sites is 1. The van der Waals surface area contributed by atoms with Gasteiger partial charge in [-0.1, -0.05) is 36.0 Å². The van der Waals surface area contributed by atoms with Gasteiger partial charge in [-0.2, -0.15) is 0 Å². The minimum Gasteiger partial charge on any atom is -0.486 e. The first kappa shape index (κ1) is 21.9. The quantitative estimate of drug-likeness (QED) is 0.524. The molecule has 1 aromatic heterocycles. The maximum atomic E-state index is 12.5. The van der Waals surface area contributed by atoms with Gasteiger partial charge < -0.3 is 14.6 Å². The summed E-state index contributed by atoms with van der Waals surface area (Å²) in [4.78, 5) is 12.5. The van der Waals surface area contributed by atoms with Gasteiger partial charge in [0, 0.05) is 12.2 Å². The maximum Gasteiger partial charge on any atom is 0.234 e. The molecule has 0 aliphatic rings. The molecule has 158 valence electrons. The first-order chi connectivity index (χ1) is 14.4. The number of nitrogens with one attached hydrogen (secondary N) is 1. The molecule has 0 aliphatic heterocycles. The van der Waals surface area contributed by atoms with Gasteiger partial charge in [0.05, 0.1) is 5.75 Å². The number of carbonyl (C=O) groups is 1. The molecule has 1 N–H and O–H groups in total. The molecule has 1 heterocycles. The van der Waals surface area contributed by atoms with Crippen LogP contribution in [0.25, 0.3) is 0 Å². The van der Waals surface area contributed by atoms with E-state index in [-0.39, 0.29) is 11.7 Å². The van der Waals surface area contributed by atoms with E-state index < -0.39 is 0 Å². The maximum absolute atomic E-state index is 12.5. The molecule has 3 rings (SSSR count). The molecular formula is C23H28N4O2S. The third-order valence-corrected chi connectivity index (χ3v) is 5.72. The largest absolute Gasteiger partial charge is 0.486 e. The summed E-state index contributed by atoms with van der Waals surface area (Å²) in [5, 5.41) is 12.3. The van der Waals surface area contributed by atoms with Crippen LogP contribution in [0.2, 0.25) is 0 Å². The van der Waals surface area contributed by atoms with E-state index in [1.54, 1.807) is 0 Å². The normalized spacial score (nSPS) is 10.8. The average molecular weight is 425 g/mol. The van der Waals surface area contributed by atoms with Crippen LogP contribution in [0.3, 0.4) is 0 Å². The van der Waals surface area contributed by atoms with Crippen LogP contribution >= 0.6 is 11.8 Å². The van der Waals surface area contributed by atoms with Gasteiger partial charge in [-0.25, -0.2) is 0 Å². The molecule has 0 saturated heterocycles. The van der Waals surface area contributed by atoms with Gasteiger partial charge in [0.15, 0.2) is 11.0 Å². The lowest BCUT2D eigenvalue weighted by molar-refractivity contribution is -0.113. The fourth-order valence-corrected chi connectivity index (χ4v) is 4.15. The third kappa shape index (κ3) is 5.42. The molecule has 0 fully saturated rings. The average Bonchev–Trinajstić information content (AvgIpc) is 3.09. The van der Waals surface area contributed by atoms with E-state index in [0.29, 0.717) is 18.3 Å². The fourth-order valence-electron chi connectivity index (χ4n) is 3.33. The Bertz CT molecular complexity index is 1010. The smallest absolute Gasteiger partial charge is 0.234 e. The number of carbonyl (C=O) groups excluding carboxylic acids is 1. The van der Waals surface area contributed by atoms with Crippen molar-refractivity contribution < 1.29 is 9.53 Å². The molecule has 2 aromatic carbocycles. The van der Waals surface area contributed by atoms with E-state index in [2.05, 4.69) is 21.6 Å². The molecule has 7 heteroatoms. The Morgan fingerprint density at radius 2 is 1.73 bits per heavy atom. The van der Waals surface area contributed by atoms with Crippen molar-refractivity contribution in [1.29, 1.82) is 0 Å². The van der Waals surface area contributed by atoms with E-state index in [4.69, 9.17) is 4.74 Å². The van der Waals surface area contributed by atoms with Crippen LogP contribution in [-0.2, 0) is 17.9 Å². The lowest BCUT2D eigenvalue weighted by Crippen LogP contribution is -2.16. The minimum atomic E-state index is -0.0592. The first-order valence-electron chi connectivity index (χ1n) is 9.99. The van der Waals surface area contributed by atoms with Crippen molar-refractivity contribution in [2.45, 2.75) is 52.9 Å². The summed E-state index contributed by atoms with van der Waals surface area (Å²) in [6.45, 7) is 11.2. The second-order valence-corrected chi connectivity index (χ2v) is 8.30. The van der Waals surface area contributed by atoms with Crippen molar-refractivity contribution in [2.75, 3.05) is 11.1 Å². The highest BCUT2D eigenvalue weighted by molar-refractivity contribution is 7.99. The Morgan fingerprint density at radius 3 is 2.37 bits per heavy atom. The van der Waals surface area contributed by atoms with Gasteiger partial charge in [-0.05, 0) is 69.0 Å². The Kier molecular flexibility index (Phi) is 7.15. The summed E-state index contributed by atoms with van der Waals surface area (Å²) in [5.41, 5.74) is 5.30. The summed E-state index contributed by atoms with van der Waals surface area (Å²) in [6, 6.07) is 12.1. The van der Waals surface area contributed by atoms with Crippen molar-refractivity contribution in [3.63, 3.8) is 0 Å². The molecule has 1 amide bonds. The molecular weight excluding hydrogens is 396 g/mol. The lowest BCUT2D eigenvalue weighted by atomic mass is 10.1. The Balaban J connectivity index is 1.62. The molecule has 0 saturated carbocycles. The molecule has 0 radical (unpaired) electrons. The molecule has 0 unspecified atom stereocenters. The standard InChI is InChI=1S/C23H28N4O2S/c1-6-27-20(13-29-19-11-15(2)10-16(3)12-19)25-26-23(27)30-14-21(28)24-22-17(4)8-7-9-18(22)5/h7-12H,6,13-14H2,1-5H3,(H,24,28). The highest BCUT2D eigenvalue weighted by Crippen LogP contribution is 2.22. The van der Waals surface area contributed by atoms with E-state index in [0.717, 1.165) is 39.5 Å². The van der Waals surface area contributed by atoms with Gasteiger partial charge in [0.2, 0.25) is 5.91 Å². The first-order valence-corrected chi connectivity index (χ1v) is 11.0. The van der Waals surface area contributed by atoms with Crippen LogP contribution < -0.4 is 10.1 Å². The Hall–Kier alpha value is -2.80. The lowest BCUT2D eigenvalue weighted by Gasteiger charge is -2.12. The number of benzene rings is 2. The fraction of sp³-hybridized carbons (Fsp3) is 0.348. The monoisotopic (exact) mass is 424 g/mol. The second kappa shape index (κ2) is 9.80. The highest BCUT2D eigenvalue weighted by Gasteiger charge is 2.15. The zero-order chi connectivity index (χ0) is 21.7. The van der Waals surface area contributed by atoms with E-state index in [9.17, 15) is 4.79 Å². The predicted molar refractivity (Wildman–Crippen MR) is 121 cm³/mol. The number of rotatable bonds is 8. The van der Waals surface area contributed by atoms with Gasteiger partial charge in [-0.3, -0.25) is 4.79 Å². The van der Waals surface area contributed by atoms with Gasteiger partial charge in [0.25, 0.3) is 0 Å². The Morgan fingerprint density at radius 1 is 1.07 bits per heavy atom. The van der Waals surface area contributed by atoms with Crippen molar-refractivity contribution in [1.82, 2.24) is 14.8 Å². The number of hydrogen-bond donors (Lipinski definition) is 1. The molecule has 0 spiro atoms. The molecule has 30 heavy (non-hydrogen) atoms. The molecule has 6 nitrogen and oxygen atoms in total. The Labute approximate surface area is 182 Å². The zero-order valence-corrected chi connectivity index (χ0v) is 19.0. The van der Waals surface area contributed by atoms with Crippen LogP contribution in [0.5, 0.6) is 5.75 Å². The molecule has 0 aliphatic carbocycles. The molecule has 0 atom stereocenters. The molecule has 3 aromatic rings. The number of thioether (sulfide) groups is 1.